The summed E-state index contributed by atoms with van der Waals surface area (Å²) in [5, 5.41) is 0. The molecule has 0 bridgehead atoms. The second-order valence-corrected chi connectivity index (χ2v) is 9.28. The van der Waals surface area contributed by atoms with Crippen molar-refractivity contribution in [2.24, 2.45) is 5.92 Å². The van der Waals surface area contributed by atoms with E-state index in [1.165, 1.54) is 20.2 Å². The summed E-state index contributed by atoms with van der Waals surface area (Å²) in [6, 6.07) is 4.78. The second kappa shape index (κ2) is 7.00. The highest BCUT2D eigenvalue weighted by Crippen LogP contribution is 2.31. The average Bonchev–Trinajstić information content (AvgIpc) is 3.46. The Morgan fingerprint density at radius 2 is 1.62 bits per heavy atom. The van der Waals surface area contributed by atoms with Crippen molar-refractivity contribution in [3.63, 3.8) is 0 Å². The molecule has 1 aromatic rings. The van der Waals surface area contributed by atoms with Gasteiger partial charge in [0.05, 0.1) is 4.90 Å². The van der Waals surface area contributed by atoms with Gasteiger partial charge >= 0.3 is 0 Å². The molecule has 2 amide bonds. The Bertz CT molecular complexity index is 823. The van der Waals surface area contributed by atoms with E-state index in [2.05, 4.69) is 0 Å². The highest BCUT2D eigenvalue weighted by Gasteiger charge is 2.35. The van der Waals surface area contributed by atoms with Crippen molar-refractivity contribution in [1.29, 1.82) is 0 Å². The number of nitrogens with zero attached hydrogens (tertiary/aromatic N) is 3. The maximum absolute atomic E-state index is 12.8. The van der Waals surface area contributed by atoms with E-state index in [9.17, 15) is 18.0 Å². The van der Waals surface area contributed by atoms with Gasteiger partial charge < -0.3 is 9.80 Å². The van der Waals surface area contributed by atoms with Gasteiger partial charge in [0.2, 0.25) is 15.9 Å². The molecule has 1 saturated heterocycles. The van der Waals surface area contributed by atoms with Crippen LogP contribution in [0.1, 0.15) is 28.8 Å². The number of aryl methyl sites for hydroxylation is 1. The SMILES string of the molecule is Cc1ccc(C(=O)N2CCN(C(=O)C3CC3)CC2)cc1S(=O)(=O)N(C)C. The van der Waals surface area contributed by atoms with Crippen LogP contribution in [0.3, 0.4) is 0 Å². The molecular formula is C18H25N3O4S. The smallest absolute Gasteiger partial charge is 0.254 e. The first kappa shape index (κ1) is 18.8. The van der Waals surface area contributed by atoms with Crippen LogP contribution in [0.2, 0.25) is 0 Å². The molecule has 0 unspecified atom stereocenters. The van der Waals surface area contributed by atoms with Crippen LogP contribution in [0.15, 0.2) is 23.1 Å². The molecule has 8 heteroatoms. The van der Waals surface area contributed by atoms with Crippen LogP contribution in [0, 0.1) is 12.8 Å². The van der Waals surface area contributed by atoms with Crippen LogP contribution in [-0.4, -0.2) is 74.6 Å². The second-order valence-electron chi connectivity index (χ2n) is 7.16. The van der Waals surface area contributed by atoms with Crippen molar-refractivity contribution in [2.45, 2.75) is 24.7 Å². The fourth-order valence-corrected chi connectivity index (χ4v) is 4.25. The number of sulfonamides is 1. The normalized spacial score (nSPS) is 18.3. The van der Waals surface area contributed by atoms with Gasteiger partial charge in [-0.3, -0.25) is 9.59 Å². The molecule has 26 heavy (non-hydrogen) atoms. The van der Waals surface area contributed by atoms with Gasteiger partial charge in [-0.25, -0.2) is 12.7 Å². The Hall–Kier alpha value is -1.93. The first-order valence-corrected chi connectivity index (χ1v) is 10.3. The molecule has 1 aliphatic carbocycles. The molecule has 1 saturated carbocycles. The summed E-state index contributed by atoms with van der Waals surface area (Å²) in [7, 11) is -0.664. The fraction of sp³-hybridized carbons (Fsp3) is 0.556. The molecule has 0 N–H and O–H groups in total. The first-order valence-electron chi connectivity index (χ1n) is 8.83. The van der Waals surface area contributed by atoms with Crippen molar-refractivity contribution in [3.05, 3.63) is 29.3 Å². The van der Waals surface area contributed by atoms with Crippen LogP contribution >= 0.6 is 0 Å². The fourth-order valence-electron chi connectivity index (χ4n) is 3.11. The Balaban J connectivity index is 1.73. The van der Waals surface area contributed by atoms with E-state index < -0.39 is 10.0 Å². The minimum absolute atomic E-state index is 0.149. The zero-order valence-corrected chi connectivity index (χ0v) is 16.3. The monoisotopic (exact) mass is 379 g/mol. The Labute approximate surface area is 154 Å². The number of amides is 2. The molecule has 0 atom stereocenters. The number of benzene rings is 1. The molecule has 142 valence electrons. The predicted molar refractivity (Wildman–Crippen MR) is 97.3 cm³/mol. The molecule has 7 nitrogen and oxygen atoms in total. The third-order valence-electron chi connectivity index (χ3n) is 5.00. The van der Waals surface area contributed by atoms with Crippen molar-refractivity contribution in [1.82, 2.24) is 14.1 Å². The van der Waals surface area contributed by atoms with Crippen molar-refractivity contribution < 1.29 is 18.0 Å². The zero-order chi connectivity index (χ0) is 19.1. The summed E-state index contributed by atoms with van der Waals surface area (Å²) >= 11 is 0. The number of carbonyl (C=O) groups is 2. The third kappa shape index (κ3) is 3.61. The number of piperazine rings is 1. The summed E-state index contributed by atoms with van der Waals surface area (Å²) in [6.45, 7) is 3.74. The predicted octanol–water partition coefficient (Wildman–Crippen LogP) is 0.940. The number of carbonyl (C=O) groups excluding carboxylic acids is 2. The van der Waals surface area contributed by atoms with Crippen molar-refractivity contribution >= 4 is 21.8 Å². The highest BCUT2D eigenvalue weighted by molar-refractivity contribution is 7.89. The number of hydrogen-bond donors (Lipinski definition) is 0. The maximum Gasteiger partial charge on any atom is 0.254 e. The average molecular weight is 379 g/mol. The van der Waals surface area contributed by atoms with Gasteiger partial charge in [0.25, 0.3) is 5.91 Å². The Morgan fingerprint density at radius 1 is 1.04 bits per heavy atom. The van der Waals surface area contributed by atoms with Gasteiger partial charge in [0.15, 0.2) is 0 Å². The van der Waals surface area contributed by atoms with Crippen LogP contribution in [-0.2, 0) is 14.8 Å². The Kier molecular flexibility index (Phi) is 5.07. The maximum atomic E-state index is 12.8. The molecule has 1 aliphatic heterocycles. The highest BCUT2D eigenvalue weighted by atomic mass is 32.2. The quantitative estimate of drug-likeness (QED) is 0.780. The van der Waals surface area contributed by atoms with Crippen molar-refractivity contribution in [3.8, 4) is 0 Å². The standard InChI is InChI=1S/C18H25N3O4S/c1-13-4-5-15(12-16(13)26(24,25)19(2)3)18(23)21-10-8-20(9-11-21)17(22)14-6-7-14/h4-5,12,14H,6-11H2,1-3H3. The first-order chi connectivity index (χ1) is 12.2. The van der Waals surface area contributed by atoms with Gasteiger partial charge in [-0.05, 0) is 37.5 Å². The molecule has 1 heterocycles. The molecule has 2 fully saturated rings. The van der Waals surface area contributed by atoms with Gasteiger partial charge in [-0.15, -0.1) is 0 Å². The van der Waals surface area contributed by atoms with Crippen LogP contribution in [0.25, 0.3) is 0 Å². The lowest BCUT2D eigenvalue weighted by Gasteiger charge is -2.35. The van der Waals surface area contributed by atoms with Crippen LogP contribution < -0.4 is 0 Å². The molecule has 3 rings (SSSR count). The molecular weight excluding hydrogens is 354 g/mol. The minimum Gasteiger partial charge on any atom is -0.339 e. The van der Waals surface area contributed by atoms with E-state index in [1.54, 1.807) is 24.0 Å². The third-order valence-corrected chi connectivity index (χ3v) is 6.96. The summed E-state index contributed by atoms with van der Waals surface area (Å²) < 4.78 is 26.0. The lowest BCUT2D eigenvalue weighted by atomic mass is 10.1. The van der Waals surface area contributed by atoms with Gasteiger partial charge in [-0.1, -0.05) is 6.07 Å². The van der Waals surface area contributed by atoms with E-state index in [1.807, 2.05) is 4.90 Å². The van der Waals surface area contributed by atoms with E-state index >= 15 is 0 Å². The van der Waals surface area contributed by atoms with Crippen LogP contribution in [0.4, 0.5) is 0 Å². The van der Waals surface area contributed by atoms with Gasteiger partial charge in [0.1, 0.15) is 0 Å². The van der Waals surface area contributed by atoms with E-state index in [0.717, 1.165) is 17.1 Å². The largest absolute Gasteiger partial charge is 0.339 e. The summed E-state index contributed by atoms with van der Waals surface area (Å²) in [4.78, 5) is 28.6. The number of rotatable bonds is 4. The number of hydrogen-bond acceptors (Lipinski definition) is 4. The zero-order valence-electron chi connectivity index (χ0n) is 15.4. The summed E-state index contributed by atoms with van der Waals surface area (Å²) in [5.41, 5.74) is 0.966. The lowest BCUT2D eigenvalue weighted by Crippen LogP contribution is -2.51. The Morgan fingerprint density at radius 3 is 2.15 bits per heavy atom. The van der Waals surface area contributed by atoms with E-state index in [4.69, 9.17) is 0 Å². The topological polar surface area (TPSA) is 78.0 Å². The van der Waals surface area contributed by atoms with Gasteiger partial charge in [0, 0.05) is 51.8 Å². The van der Waals surface area contributed by atoms with E-state index in [-0.39, 0.29) is 22.6 Å². The van der Waals surface area contributed by atoms with Crippen molar-refractivity contribution in [2.75, 3.05) is 40.3 Å². The molecule has 0 spiro atoms. The van der Waals surface area contributed by atoms with E-state index in [0.29, 0.717) is 37.3 Å². The lowest BCUT2D eigenvalue weighted by molar-refractivity contribution is -0.134. The molecule has 0 aromatic heterocycles. The minimum atomic E-state index is -3.61. The summed E-state index contributed by atoms with van der Waals surface area (Å²) in [6.07, 6.45) is 1.95. The molecule has 2 aliphatic rings. The molecule has 0 radical (unpaired) electrons. The summed E-state index contributed by atoms with van der Waals surface area (Å²) in [5.74, 6) is 0.193. The molecule has 1 aromatic carbocycles. The van der Waals surface area contributed by atoms with Crippen LogP contribution in [0.5, 0.6) is 0 Å². The van der Waals surface area contributed by atoms with Gasteiger partial charge in [-0.2, -0.15) is 0 Å².